The van der Waals surface area contributed by atoms with E-state index in [1.54, 1.807) is 7.11 Å². The van der Waals surface area contributed by atoms with Gasteiger partial charge in [0.15, 0.2) is 0 Å². The van der Waals surface area contributed by atoms with Crippen LogP contribution in [-0.4, -0.2) is 53.3 Å². The lowest BCUT2D eigenvalue weighted by molar-refractivity contribution is 0.130. The summed E-state index contributed by atoms with van der Waals surface area (Å²) < 4.78 is 11.3. The van der Waals surface area contributed by atoms with Crippen molar-refractivity contribution < 1.29 is 9.47 Å². The largest absolute Gasteiger partial charge is 0.492 e. The van der Waals surface area contributed by atoms with Gasteiger partial charge in [-0.05, 0) is 53.9 Å². The van der Waals surface area contributed by atoms with Crippen molar-refractivity contribution in [3.8, 4) is 17.0 Å². The molecular formula is C28H28N4O3. The molecule has 2 aromatic carbocycles. The van der Waals surface area contributed by atoms with Gasteiger partial charge in [0.1, 0.15) is 12.4 Å². The van der Waals surface area contributed by atoms with Gasteiger partial charge in [0.25, 0.3) is 5.56 Å². The molecule has 0 bridgehead atoms. The Morgan fingerprint density at radius 2 is 1.69 bits per heavy atom. The highest BCUT2D eigenvalue weighted by Gasteiger charge is 2.11. The van der Waals surface area contributed by atoms with Crippen molar-refractivity contribution in [3.63, 3.8) is 0 Å². The summed E-state index contributed by atoms with van der Waals surface area (Å²) in [5, 5.41) is 1.99. The molecule has 2 N–H and O–H groups in total. The van der Waals surface area contributed by atoms with Crippen LogP contribution < -0.4 is 10.3 Å². The number of hydrogen-bond donors (Lipinski definition) is 2. The molecule has 5 rings (SSSR count). The summed E-state index contributed by atoms with van der Waals surface area (Å²) in [6, 6.07) is 23.6. The molecule has 0 saturated carbocycles. The number of pyridine rings is 2. The number of benzene rings is 2. The van der Waals surface area contributed by atoms with Crippen molar-refractivity contribution in [1.82, 2.24) is 19.9 Å². The Bertz CT molecular complexity index is 1480. The monoisotopic (exact) mass is 468 g/mol. The first-order valence-electron chi connectivity index (χ1n) is 11.7. The summed E-state index contributed by atoms with van der Waals surface area (Å²) in [6.45, 7) is 3.50. The summed E-state index contributed by atoms with van der Waals surface area (Å²) in [4.78, 5) is 25.7. The van der Waals surface area contributed by atoms with Crippen LogP contribution in [0.5, 0.6) is 5.75 Å². The first kappa shape index (κ1) is 22.8. The predicted molar refractivity (Wildman–Crippen MR) is 139 cm³/mol. The molecule has 0 atom stereocenters. The molecule has 0 radical (unpaired) electrons. The molecule has 3 aromatic heterocycles. The molecule has 3 heterocycles. The number of methoxy groups -OCH3 is 1. The van der Waals surface area contributed by atoms with Crippen LogP contribution >= 0.6 is 0 Å². The second-order valence-corrected chi connectivity index (χ2v) is 8.47. The Labute approximate surface area is 203 Å². The third-order valence-corrected chi connectivity index (χ3v) is 6.04. The van der Waals surface area contributed by atoms with E-state index in [0.29, 0.717) is 18.8 Å². The Morgan fingerprint density at radius 1 is 0.857 bits per heavy atom. The van der Waals surface area contributed by atoms with E-state index in [0.717, 1.165) is 58.6 Å². The predicted octanol–water partition coefficient (Wildman–Crippen LogP) is 4.60. The maximum atomic E-state index is 12.7. The van der Waals surface area contributed by atoms with Gasteiger partial charge < -0.3 is 19.4 Å². The smallest absolute Gasteiger partial charge is 0.257 e. The molecule has 35 heavy (non-hydrogen) atoms. The summed E-state index contributed by atoms with van der Waals surface area (Å²) >= 11 is 0. The Kier molecular flexibility index (Phi) is 6.88. The number of rotatable bonds is 10. The van der Waals surface area contributed by atoms with Crippen molar-refractivity contribution in [2.24, 2.45) is 0 Å². The van der Waals surface area contributed by atoms with Crippen molar-refractivity contribution in [2.45, 2.75) is 6.54 Å². The van der Waals surface area contributed by atoms with Gasteiger partial charge in [0.05, 0.1) is 23.6 Å². The van der Waals surface area contributed by atoms with Crippen LogP contribution in [0, 0.1) is 0 Å². The lowest BCUT2D eigenvalue weighted by Gasteiger charge is -2.21. The fraction of sp³-hybridized carbons (Fsp3) is 0.214. The molecule has 5 aromatic rings. The van der Waals surface area contributed by atoms with Crippen LogP contribution in [0.4, 0.5) is 0 Å². The number of aromatic nitrogens is 3. The second kappa shape index (κ2) is 10.5. The SMILES string of the molecule is COCCN(CCOc1ccc2[nH]c(-c3cc4ccccc4[nH]c3=O)cc2c1)Cc1ccccn1. The number of fused-ring (bicyclic) bond motifs is 2. The number of hydrogen-bond acceptors (Lipinski definition) is 5. The molecule has 0 aliphatic rings. The highest BCUT2D eigenvalue weighted by atomic mass is 16.5. The quantitative estimate of drug-likeness (QED) is 0.313. The van der Waals surface area contributed by atoms with Crippen LogP contribution in [0.25, 0.3) is 33.1 Å². The van der Waals surface area contributed by atoms with E-state index in [9.17, 15) is 4.79 Å². The molecule has 7 heteroatoms. The Hall–Kier alpha value is -3.94. The zero-order valence-electron chi connectivity index (χ0n) is 19.7. The van der Waals surface area contributed by atoms with E-state index < -0.39 is 0 Å². The fourth-order valence-electron chi connectivity index (χ4n) is 4.20. The molecule has 0 unspecified atom stereocenters. The van der Waals surface area contributed by atoms with E-state index in [1.807, 2.05) is 79.0 Å². The molecule has 0 saturated heterocycles. The normalized spacial score (nSPS) is 11.5. The number of ether oxygens (including phenoxy) is 2. The molecular weight excluding hydrogens is 440 g/mol. The highest BCUT2D eigenvalue weighted by molar-refractivity contribution is 5.89. The fourth-order valence-corrected chi connectivity index (χ4v) is 4.20. The summed E-state index contributed by atoms with van der Waals surface area (Å²) in [5.41, 5.74) is 4.09. The first-order chi connectivity index (χ1) is 17.2. The van der Waals surface area contributed by atoms with Gasteiger partial charge >= 0.3 is 0 Å². The lowest BCUT2D eigenvalue weighted by atomic mass is 10.1. The molecule has 0 amide bonds. The van der Waals surface area contributed by atoms with Crippen LogP contribution in [0.2, 0.25) is 0 Å². The topological polar surface area (TPSA) is 83.2 Å². The van der Waals surface area contributed by atoms with E-state index in [2.05, 4.69) is 19.9 Å². The zero-order chi connectivity index (χ0) is 24.0. The molecule has 178 valence electrons. The van der Waals surface area contributed by atoms with Crippen LogP contribution in [0.15, 0.2) is 83.8 Å². The molecule has 0 fully saturated rings. The molecule has 0 spiro atoms. The zero-order valence-corrected chi connectivity index (χ0v) is 19.7. The Balaban J connectivity index is 1.28. The number of para-hydroxylation sites is 1. The first-order valence-corrected chi connectivity index (χ1v) is 11.7. The van der Waals surface area contributed by atoms with Crippen LogP contribution in [0.3, 0.4) is 0 Å². The van der Waals surface area contributed by atoms with Gasteiger partial charge in [0.2, 0.25) is 0 Å². The number of aromatic amines is 2. The maximum Gasteiger partial charge on any atom is 0.257 e. The standard InChI is InChI=1S/C28H28N4O3/c1-34-14-12-32(19-22-7-4-5-11-29-22)13-15-35-23-9-10-26-21(16-23)18-27(30-26)24-17-20-6-2-3-8-25(20)31-28(24)33/h2-11,16-18,30H,12-15,19H2,1H3,(H,31,33). The van der Waals surface area contributed by atoms with Gasteiger partial charge in [0, 0.05) is 49.4 Å². The van der Waals surface area contributed by atoms with Gasteiger partial charge in [-0.3, -0.25) is 14.7 Å². The third-order valence-electron chi connectivity index (χ3n) is 6.04. The number of H-pyrrole nitrogens is 2. The highest BCUT2D eigenvalue weighted by Crippen LogP contribution is 2.27. The van der Waals surface area contributed by atoms with Crippen LogP contribution in [-0.2, 0) is 11.3 Å². The molecule has 0 aliphatic heterocycles. The summed E-state index contributed by atoms with van der Waals surface area (Å²) in [5.74, 6) is 0.792. The van der Waals surface area contributed by atoms with Gasteiger partial charge in [-0.1, -0.05) is 24.3 Å². The van der Waals surface area contributed by atoms with Crippen molar-refractivity contribution in [3.05, 3.63) is 95.0 Å². The van der Waals surface area contributed by atoms with Gasteiger partial charge in [-0.25, -0.2) is 0 Å². The van der Waals surface area contributed by atoms with E-state index in [-0.39, 0.29) is 5.56 Å². The minimum atomic E-state index is -0.115. The van der Waals surface area contributed by atoms with E-state index in [1.165, 1.54) is 0 Å². The van der Waals surface area contributed by atoms with Crippen LogP contribution in [0.1, 0.15) is 5.69 Å². The lowest BCUT2D eigenvalue weighted by Crippen LogP contribution is -2.31. The van der Waals surface area contributed by atoms with Crippen molar-refractivity contribution in [2.75, 3.05) is 33.4 Å². The van der Waals surface area contributed by atoms with Gasteiger partial charge in [-0.2, -0.15) is 0 Å². The molecule has 0 aliphatic carbocycles. The Morgan fingerprint density at radius 3 is 2.54 bits per heavy atom. The average Bonchev–Trinajstić information content (AvgIpc) is 3.30. The molecule has 7 nitrogen and oxygen atoms in total. The summed E-state index contributed by atoms with van der Waals surface area (Å²) in [7, 11) is 1.71. The minimum absolute atomic E-state index is 0.115. The third kappa shape index (κ3) is 5.42. The second-order valence-electron chi connectivity index (χ2n) is 8.47. The van der Waals surface area contributed by atoms with Crippen molar-refractivity contribution >= 4 is 21.8 Å². The van der Waals surface area contributed by atoms with Gasteiger partial charge in [-0.15, -0.1) is 0 Å². The number of nitrogens with zero attached hydrogens (tertiary/aromatic N) is 2. The number of nitrogens with one attached hydrogen (secondary N) is 2. The van der Waals surface area contributed by atoms with E-state index >= 15 is 0 Å². The van der Waals surface area contributed by atoms with E-state index in [4.69, 9.17) is 9.47 Å². The average molecular weight is 469 g/mol. The maximum absolute atomic E-state index is 12.7. The summed E-state index contributed by atoms with van der Waals surface area (Å²) in [6.07, 6.45) is 1.81. The van der Waals surface area contributed by atoms with Crippen molar-refractivity contribution in [1.29, 1.82) is 0 Å². The minimum Gasteiger partial charge on any atom is -0.492 e.